The van der Waals surface area contributed by atoms with Crippen LogP contribution >= 0.6 is 0 Å². The fourth-order valence-corrected chi connectivity index (χ4v) is 4.49. The van der Waals surface area contributed by atoms with E-state index >= 15 is 0 Å². The van der Waals surface area contributed by atoms with Gasteiger partial charge >= 0.3 is 0 Å². The molecule has 0 saturated carbocycles. The number of fused-ring (bicyclic) bond motifs is 3. The van der Waals surface area contributed by atoms with Gasteiger partial charge in [-0.1, -0.05) is 13.0 Å². The van der Waals surface area contributed by atoms with E-state index in [9.17, 15) is 9.18 Å². The van der Waals surface area contributed by atoms with Gasteiger partial charge in [-0.15, -0.1) is 0 Å². The first kappa shape index (κ1) is 20.4. The summed E-state index contributed by atoms with van der Waals surface area (Å²) in [7, 11) is 1.42. The Morgan fingerprint density at radius 3 is 3.00 bits per heavy atom. The van der Waals surface area contributed by atoms with Gasteiger partial charge in [-0.2, -0.15) is 0 Å². The molecule has 2 aliphatic rings. The summed E-state index contributed by atoms with van der Waals surface area (Å²) in [5, 5.41) is 6.31. The topological polar surface area (TPSA) is 88.3 Å². The minimum absolute atomic E-state index is 0.0855. The van der Waals surface area contributed by atoms with Crippen LogP contribution in [0.5, 0.6) is 11.5 Å². The molecular weight excluding hydrogens is 411 g/mol. The fourth-order valence-electron chi connectivity index (χ4n) is 4.49. The number of nitrogens with zero attached hydrogens (tertiary/aromatic N) is 1. The maximum atomic E-state index is 14.4. The van der Waals surface area contributed by atoms with E-state index in [1.807, 2.05) is 6.07 Å². The highest BCUT2D eigenvalue weighted by Crippen LogP contribution is 2.45. The molecule has 32 heavy (non-hydrogen) atoms. The number of halogens is 1. The SMILES string of the molecule is COc1c(F)cccc1Nc1c2[nH]c3c1C(=O)NCC3CCC(C)COc1cnccc1-2. The lowest BCUT2D eigenvalue weighted by molar-refractivity contribution is 0.0939. The summed E-state index contributed by atoms with van der Waals surface area (Å²) >= 11 is 0. The molecule has 2 aliphatic heterocycles. The van der Waals surface area contributed by atoms with Gasteiger partial charge in [0.2, 0.25) is 0 Å². The number of aromatic nitrogens is 2. The summed E-state index contributed by atoms with van der Waals surface area (Å²) in [4.78, 5) is 20.8. The van der Waals surface area contributed by atoms with E-state index in [1.54, 1.807) is 24.5 Å². The number of ether oxygens (including phenoxy) is 2. The number of benzene rings is 1. The standard InChI is InChI=1S/C24H25FN4O3/c1-13-6-7-14-10-27-24(30)19-20(14)29-21(15-8-9-26-11-18(15)32-12-13)22(19)28-17-5-3-4-16(25)23(17)31-2/h3-5,8-9,11,13-14,28-29H,6-7,10,12H2,1-2H3,(H,27,30). The lowest BCUT2D eigenvalue weighted by atomic mass is 9.89. The molecule has 7 nitrogen and oxygen atoms in total. The first-order valence-corrected chi connectivity index (χ1v) is 10.8. The first-order valence-electron chi connectivity index (χ1n) is 10.8. The third kappa shape index (κ3) is 3.45. The van der Waals surface area contributed by atoms with Gasteiger partial charge in [0, 0.05) is 29.9 Å². The van der Waals surface area contributed by atoms with Crippen LogP contribution < -0.4 is 20.1 Å². The fraction of sp³-hybridized carbons (Fsp3) is 0.333. The number of methoxy groups -OCH3 is 1. The molecule has 2 aromatic heterocycles. The minimum atomic E-state index is -0.484. The zero-order chi connectivity index (χ0) is 22.2. The number of para-hydroxylation sites is 1. The van der Waals surface area contributed by atoms with E-state index in [0.29, 0.717) is 47.5 Å². The Kier molecular flexibility index (Phi) is 5.20. The maximum absolute atomic E-state index is 14.4. The maximum Gasteiger partial charge on any atom is 0.255 e. The highest BCUT2D eigenvalue weighted by Gasteiger charge is 2.34. The van der Waals surface area contributed by atoms with Crippen LogP contribution in [-0.2, 0) is 0 Å². The molecule has 0 fully saturated rings. The van der Waals surface area contributed by atoms with Gasteiger partial charge < -0.3 is 25.1 Å². The van der Waals surface area contributed by atoms with E-state index in [4.69, 9.17) is 9.47 Å². The second-order valence-corrected chi connectivity index (χ2v) is 8.38. The van der Waals surface area contributed by atoms with Crippen LogP contribution in [0, 0.1) is 11.7 Å². The smallest absolute Gasteiger partial charge is 0.255 e. The number of H-pyrrole nitrogens is 1. The van der Waals surface area contributed by atoms with Crippen LogP contribution in [0.2, 0.25) is 0 Å². The molecule has 0 radical (unpaired) electrons. The molecule has 2 atom stereocenters. The third-order valence-corrected chi connectivity index (χ3v) is 6.19. The van der Waals surface area contributed by atoms with Crippen LogP contribution in [0.15, 0.2) is 36.7 Å². The first-order chi connectivity index (χ1) is 15.6. The predicted octanol–water partition coefficient (Wildman–Crippen LogP) is 4.60. The quantitative estimate of drug-likeness (QED) is 0.558. The molecule has 3 aromatic rings. The van der Waals surface area contributed by atoms with E-state index in [2.05, 4.69) is 27.5 Å². The van der Waals surface area contributed by atoms with E-state index < -0.39 is 5.82 Å². The molecule has 4 heterocycles. The molecule has 166 valence electrons. The number of aromatic amines is 1. The van der Waals surface area contributed by atoms with Crippen LogP contribution in [0.4, 0.5) is 15.8 Å². The molecular formula is C24H25FN4O3. The Labute approximate surface area is 185 Å². The van der Waals surface area contributed by atoms with Crippen LogP contribution in [-0.4, -0.2) is 36.1 Å². The van der Waals surface area contributed by atoms with Gasteiger partial charge in [0.25, 0.3) is 5.91 Å². The number of carbonyl (C=O) groups is 1. The number of anilines is 2. The zero-order valence-electron chi connectivity index (χ0n) is 18.0. The Morgan fingerprint density at radius 1 is 1.28 bits per heavy atom. The number of hydrogen-bond donors (Lipinski definition) is 3. The molecule has 3 N–H and O–H groups in total. The summed E-state index contributed by atoms with van der Waals surface area (Å²) < 4.78 is 25.8. The molecule has 0 spiro atoms. The highest BCUT2D eigenvalue weighted by atomic mass is 19.1. The number of hydrogen-bond acceptors (Lipinski definition) is 5. The van der Waals surface area contributed by atoms with Gasteiger partial charge in [0.15, 0.2) is 11.6 Å². The highest BCUT2D eigenvalue weighted by molar-refractivity contribution is 6.07. The minimum Gasteiger partial charge on any atom is -0.492 e. The summed E-state index contributed by atoms with van der Waals surface area (Å²) in [6.07, 6.45) is 5.25. The monoisotopic (exact) mass is 436 g/mol. The van der Waals surface area contributed by atoms with Gasteiger partial charge in [-0.25, -0.2) is 4.39 Å². The second-order valence-electron chi connectivity index (χ2n) is 8.38. The van der Waals surface area contributed by atoms with Crippen LogP contribution in [0.1, 0.15) is 41.7 Å². The summed E-state index contributed by atoms with van der Waals surface area (Å²) in [5.41, 5.74) is 3.92. The number of carbonyl (C=O) groups excluding carboxylic acids is 1. The average molecular weight is 436 g/mol. The van der Waals surface area contributed by atoms with Crippen molar-refractivity contribution in [1.29, 1.82) is 0 Å². The number of pyridine rings is 1. The molecule has 2 bridgehead atoms. The molecule has 8 heteroatoms. The van der Waals surface area contributed by atoms with Crippen molar-refractivity contribution in [2.75, 3.05) is 25.6 Å². The van der Waals surface area contributed by atoms with Gasteiger partial charge in [-0.05, 0) is 37.0 Å². The summed E-state index contributed by atoms with van der Waals surface area (Å²) in [5.74, 6) is 0.579. The molecule has 5 rings (SSSR count). The van der Waals surface area contributed by atoms with Crippen molar-refractivity contribution >= 4 is 17.3 Å². The van der Waals surface area contributed by atoms with Crippen LogP contribution in [0.3, 0.4) is 0 Å². The molecule has 0 saturated heterocycles. The molecule has 2 unspecified atom stereocenters. The average Bonchev–Trinajstić information content (AvgIpc) is 3.16. The van der Waals surface area contributed by atoms with E-state index in [-0.39, 0.29) is 17.6 Å². The second kappa shape index (κ2) is 8.18. The van der Waals surface area contributed by atoms with Gasteiger partial charge in [0.05, 0.1) is 42.5 Å². The van der Waals surface area contributed by atoms with Crippen molar-refractivity contribution in [2.45, 2.75) is 25.7 Å². The van der Waals surface area contributed by atoms with Crippen molar-refractivity contribution < 1.29 is 18.7 Å². The van der Waals surface area contributed by atoms with Crippen LogP contribution in [0.25, 0.3) is 11.3 Å². The number of nitrogens with one attached hydrogen (secondary N) is 3. The van der Waals surface area contributed by atoms with Crippen molar-refractivity contribution in [3.05, 3.63) is 53.7 Å². The summed E-state index contributed by atoms with van der Waals surface area (Å²) in [6.45, 7) is 3.32. The predicted molar refractivity (Wildman–Crippen MR) is 119 cm³/mol. The van der Waals surface area contributed by atoms with Crippen molar-refractivity contribution in [3.63, 3.8) is 0 Å². The van der Waals surface area contributed by atoms with E-state index in [0.717, 1.165) is 24.1 Å². The lowest BCUT2D eigenvalue weighted by Gasteiger charge is -2.25. The third-order valence-electron chi connectivity index (χ3n) is 6.19. The largest absolute Gasteiger partial charge is 0.492 e. The molecule has 1 aromatic carbocycles. The van der Waals surface area contributed by atoms with Crippen molar-refractivity contribution in [2.24, 2.45) is 5.92 Å². The van der Waals surface area contributed by atoms with Crippen molar-refractivity contribution in [3.8, 4) is 22.8 Å². The van der Waals surface area contributed by atoms with Crippen molar-refractivity contribution in [1.82, 2.24) is 15.3 Å². The lowest BCUT2D eigenvalue weighted by Crippen LogP contribution is -2.35. The molecule has 0 aliphatic carbocycles. The van der Waals surface area contributed by atoms with Gasteiger partial charge in [0.1, 0.15) is 5.75 Å². The normalized spacial score (nSPS) is 19.8. The van der Waals surface area contributed by atoms with E-state index in [1.165, 1.54) is 13.2 Å². The number of rotatable bonds is 3. The zero-order valence-corrected chi connectivity index (χ0v) is 18.0. The number of amides is 1. The molecule has 1 amide bonds. The summed E-state index contributed by atoms with van der Waals surface area (Å²) in [6, 6.07) is 6.51. The Bertz CT molecular complexity index is 1180. The van der Waals surface area contributed by atoms with Gasteiger partial charge in [-0.3, -0.25) is 9.78 Å². The Morgan fingerprint density at radius 2 is 2.16 bits per heavy atom. The Balaban J connectivity index is 1.73. The Hall–Kier alpha value is -3.55.